The van der Waals surface area contributed by atoms with Gasteiger partial charge in [-0.05, 0) is 36.1 Å². The lowest BCUT2D eigenvalue weighted by atomic mass is 9.97. The van der Waals surface area contributed by atoms with Gasteiger partial charge in [0.1, 0.15) is 23.4 Å². The molecule has 5 nitrogen and oxygen atoms in total. The molecule has 1 aliphatic rings. The van der Waals surface area contributed by atoms with Gasteiger partial charge >= 0.3 is 0 Å². The molecule has 2 aromatic heterocycles. The van der Waals surface area contributed by atoms with Gasteiger partial charge in [0.25, 0.3) is 0 Å². The molecule has 1 fully saturated rings. The van der Waals surface area contributed by atoms with Crippen LogP contribution in [0.25, 0.3) is 37.8 Å². The number of piperidine rings is 1. The molecular formula is C25H22FN5. The molecule has 6 heteroatoms. The van der Waals surface area contributed by atoms with Crippen molar-refractivity contribution < 1.29 is 4.39 Å². The van der Waals surface area contributed by atoms with Gasteiger partial charge < -0.3 is 9.74 Å². The largest absolute Gasteiger partial charge is 0.355 e. The Morgan fingerprint density at radius 3 is 2.84 bits per heavy atom. The lowest BCUT2D eigenvalue weighted by molar-refractivity contribution is 0.437. The van der Waals surface area contributed by atoms with E-state index in [1.807, 2.05) is 43.3 Å². The van der Waals surface area contributed by atoms with Crippen molar-refractivity contribution in [2.75, 3.05) is 24.5 Å². The molecule has 5 rings (SSSR count). The molecule has 0 bridgehead atoms. The molecule has 1 atom stereocenters. The lowest BCUT2D eigenvalue weighted by Crippen LogP contribution is -2.37. The van der Waals surface area contributed by atoms with Crippen molar-refractivity contribution in [1.82, 2.24) is 15.0 Å². The van der Waals surface area contributed by atoms with E-state index < -0.39 is 5.82 Å². The number of fused-ring (bicyclic) bond motifs is 2. The van der Waals surface area contributed by atoms with Crippen molar-refractivity contribution in [2.45, 2.75) is 19.8 Å². The molecule has 0 saturated carbocycles. The zero-order valence-electron chi connectivity index (χ0n) is 17.3. The average molecular weight is 411 g/mol. The standard InChI is InChI=1S/C25H22FN5/c1-16-6-3-8-18-9-4-10-19(21(16)18)23-22(26)24-20(13-28-23)25(30-15-29-24)31-11-5-7-17(14-31)12-27-2/h3-4,6,8-10,13,15,17H,5,7,11-12,14H2,1H3/t17-/m0/s1. The van der Waals surface area contributed by atoms with Crippen LogP contribution >= 0.6 is 0 Å². The van der Waals surface area contributed by atoms with Crippen molar-refractivity contribution >= 4 is 27.5 Å². The molecule has 4 aromatic rings. The summed E-state index contributed by atoms with van der Waals surface area (Å²) in [5.41, 5.74) is 2.44. The van der Waals surface area contributed by atoms with Crippen LogP contribution in [0.15, 0.2) is 48.9 Å². The van der Waals surface area contributed by atoms with E-state index in [1.54, 1.807) is 6.20 Å². The van der Waals surface area contributed by atoms with Gasteiger partial charge in [0.2, 0.25) is 6.54 Å². The van der Waals surface area contributed by atoms with Crippen LogP contribution in [0.5, 0.6) is 0 Å². The third kappa shape index (κ3) is 3.36. The molecule has 3 heterocycles. The second kappa shape index (κ2) is 7.92. The first-order chi connectivity index (χ1) is 15.2. The Kier molecular flexibility index (Phi) is 4.95. The number of anilines is 1. The molecule has 0 radical (unpaired) electrons. The highest BCUT2D eigenvalue weighted by Gasteiger charge is 2.25. The van der Waals surface area contributed by atoms with Gasteiger partial charge in [-0.2, -0.15) is 0 Å². The van der Waals surface area contributed by atoms with E-state index in [-0.39, 0.29) is 5.52 Å². The van der Waals surface area contributed by atoms with Crippen molar-refractivity contribution in [2.24, 2.45) is 5.92 Å². The normalized spacial score (nSPS) is 16.5. The number of hydrogen-bond donors (Lipinski definition) is 0. The molecule has 0 amide bonds. The van der Waals surface area contributed by atoms with Gasteiger partial charge in [-0.3, -0.25) is 4.98 Å². The van der Waals surface area contributed by atoms with E-state index in [4.69, 9.17) is 6.57 Å². The smallest absolute Gasteiger partial charge is 0.219 e. The Labute approximate surface area is 180 Å². The van der Waals surface area contributed by atoms with E-state index in [2.05, 4.69) is 24.7 Å². The highest BCUT2D eigenvalue weighted by molar-refractivity contribution is 6.00. The van der Waals surface area contributed by atoms with Crippen LogP contribution in [-0.4, -0.2) is 34.6 Å². The number of aryl methyl sites for hydroxylation is 1. The number of nitrogens with zero attached hydrogens (tertiary/aromatic N) is 5. The summed E-state index contributed by atoms with van der Waals surface area (Å²) in [4.78, 5) is 19.0. The van der Waals surface area contributed by atoms with Crippen LogP contribution in [0, 0.1) is 25.2 Å². The van der Waals surface area contributed by atoms with E-state index in [1.165, 1.54) is 6.33 Å². The van der Waals surface area contributed by atoms with Gasteiger partial charge in [0.15, 0.2) is 5.82 Å². The fourth-order valence-corrected chi connectivity index (χ4v) is 4.68. The fraction of sp³-hybridized carbons (Fsp3) is 0.280. The van der Waals surface area contributed by atoms with Crippen molar-refractivity contribution in [3.8, 4) is 11.3 Å². The molecule has 0 spiro atoms. The summed E-state index contributed by atoms with van der Waals surface area (Å²) in [6.45, 7) is 11.3. The number of halogens is 1. The lowest BCUT2D eigenvalue weighted by Gasteiger charge is -2.32. The van der Waals surface area contributed by atoms with Gasteiger partial charge in [0.05, 0.1) is 5.39 Å². The molecule has 1 aliphatic heterocycles. The fourth-order valence-electron chi connectivity index (χ4n) is 4.68. The first kappa shape index (κ1) is 19.4. The van der Waals surface area contributed by atoms with Gasteiger partial charge in [0, 0.05) is 30.8 Å². The Bertz CT molecular complexity index is 1320. The summed E-state index contributed by atoms with van der Waals surface area (Å²) in [5, 5.41) is 2.67. The second-order valence-corrected chi connectivity index (χ2v) is 8.15. The Morgan fingerprint density at radius 2 is 2.00 bits per heavy atom. The molecule has 2 aromatic carbocycles. The Morgan fingerprint density at radius 1 is 1.16 bits per heavy atom. The quantitative estimate of drug-likeness (QED) is 0.422. The zero-order chi connectivity index (χ0) is 21.4. The van der Waals surface area contributed by atoms with E-state index in [0.29, 0.717) is 29.4 Å². The SMILES string of the molecule is [C-]#[N+]C[C@@H]1CCCN(c2ncnc3c(F)c(-c4cccc5cccc(C)c45)ncc23)C1. The second-order valence-electron chi connectivity index (χ2n) is 8.15. The van der Waals surface area contributed by atoms with Crippen LogP contribution < -0.4 is 4.90 Å². The van der Waals surface area contributed by atoms with E-state index in [9.17, 15) is 0 Å². The number of hydrogen-bond acceptors (Lipinski definition) is 4. The monoisotopic (exact) mass is 411 g/mol. The Hall–Kier alpha value is -3.59. The predicted molar refractivity (Wildman–Crippen MR) is 121 cm³/mol. The molecule has 0 unspecified atom stereocenters. The van der Waals surface area contributed by atoms with Crippen molar-refractivity contribution in [3.05, 3.63) is 71.7 Å². The average Bonchev–Trinajstić information content (AvgIpc) is 2.79. The predicted octanol–water partition coefficient (Wildman–Crippen LogP) is 5.43. The first-order valence-corrected chi connectivity index (χ1v) is 10.5. The molecule has 0 aliphatic carbocycles. The van der Waals surface area contributed by atoms with Crippen LogP contribution in [0.2, 0.25) is 0 Å². The maximum atomic E-state index is 15.7. The number of pyridine rings is 1. The summed E-state index contributed by atoms with van der Waals surface area (Å²) < 4.78 is 15.7. The highest BCUT2D eigenvalue weighted by Crippen LogP contribution is 2.35. The topological polar surface area (TPSA) is 46.3 Å². The minimum Gasteiger partial charge on any atom is -0.355 e. The third-order valence-electron chi connectivity index (χ3n) is 6.14. The molecule has 0 N–H and O–H groups in total. The minimum atomic E-state index is -0.424. The maximum absolute atomic E-state index is 15.7. The maximum Gasteiger partial charge on any atom is 0.219 e. The van der Waals surface area contributed by atoms with Crippen molar-refractivity contribution in [3.63, 3.8) is 0 Å². The third-order valence-corrected chi connectivity index (χ3v) is 6.14. The number of benzene rings is 2. The summed E-state index contributed by atoms with van der Waals surface area (Å²) in [6.07, 6.45) is 5.16. The summed E-state index contributed by atoms with van der Waals surface area (Å²) in [7, 11) is 0. The van der Waals surface area contributed by atoms with Crippen LogP contribution in [0.4, 0.5) is 10.2 Å². The number of aromatic nitrogens is 3. The van der Waals surface area contributed by atoms with Crippen LogP contribution in [0.3, 0.4) is 0 Å². The zero-order valence-corrected chi connectivity index (χ0v) is 17.3. The Balaban J connectivity index is 1.64. The highest BCUT2D eigenvalue weighted by atomic mass is 19.1. The van der Waals surface area contributed by atoms with Gasteiger partial charge in [-0.15, -0.1) is 0 Å². The van der Waals surface area contributed by atoms with E-state index in [0.717, 1.165) is 47.8 Å². The number of rotatable bonds is 3. The van der Waals surface area contributed by atoms with Gasteiger partial charge in [-0.25, -0.2) is 20.9 Å². The van der Waals surface area contributed by atoms with Crippen molar-refractivity contribution in [1.29, 1.82) is 0 Å². The van der Waals surface area contributed by atoms with Crippen LogP contribution in [0.1, 0.15) is 18.4 Å². The summed E-state index contributed by atoms with van der Waals surface area (Å²) >= 11 is 0. The summed E-state index contributed by atoms with van der Waals surface area (Å²) in [6, 6.07) is 11.9. The van der Waals surface area contributed by atoms with E-state index >= 15 is 4.39 Å². The molecule has 31 heavy (non-hydrogen) atoms. The molecule has 1 saturated heterocycles. The minimum absolute atomic E-state index is 0.285. The molecular weight excluding hydrogens is 389 g/mol. The first-order valence-electron chi connectivity index (χ1n) is 10.5. The molecule has 154 valence electrons. The van der Waals surface area contributed by atoms with Gasteiger partial charge in [-0.1, -0.05) is 36.4 Å². The van der Waals surface area contributed by atoms with Crippen LogP contribution in [-0.2, 0) is 0 Å². The summed E-state index contributed by atoms with van der Waals surface area (Å²) in [5.74, 6) is 0.588.